The van der Waals surface area contributed by atoms with Gasteiger partial charge in [-0.1, -0.05) is 5.92 Å². The number of hydrogen-bond donors (Lipinski definition) is 0. The standard InChI is InChI=1S/C13H14N2O/c1-2-11-8-12(10-14-9-11)13(16)15-6-4-3-5-7-15/h1,8-10H,3-7H2. The number of pyridine rings is 1. The van der Waals surface area contributed by atoms with Crippen LogP contribution in [-0.4, -0.2) is 28.9 Å². The minimum Gasteiger partial charge on any atom is -0.339 e. The molecule has 1 aromatic heterocycles. The Hall–Kier alpha value is -1.82. The molecule has 0 radical (unpaired) electrons. The highest BCUT2D eigenvalue weighted by Crippen LogP contribution is 2.13. The van der Waals surface area contributed by atoms with E-state index in [1.54, 1.807) is 18.5 Å². The number of carbonyl (C=O) groups excluding carboxylic acids is 1. The van der Waals surface area contributed by atoms with Gasteiger partial charge in [0.2, 0.25) is 0 Å². The lowest BCUT2D eigenvalue weighted by Gasteiger charge is -2.26. The third kappa shape index (κ3) is 2.22. The van der Waals surface area contributed by atoms with Crippen molar-refractivity contribution in [2.75, 3.05) is 13.1 Å². The first-order chi connectivity index (χ1) is 7.81. The number of rotatable bonds is 1. The lowest BCUT2D eigenvalue weighted by atomic mass is 10.1. The van der Waals surface area contributed by atoms with E-state index in [1.807, 2.05) is 4.90 Å². The van der Waals surface area contributed by atoms with Gasteiger partial charge in [0.1, 0.15) is 0 Å². The normalized spacial score (nSPS) is 15.6. The Balaban J connectivity index is 2.16. The third-order valence-corrected chi connectivity index (χ3v) is 2.80. The zero-order valence-electron chi connectivity index (χ0n) is 9.15. The average molecular weight is 214 g/mol. The maximum Gasteiger partial charge on any atom is 0.255 e. The van der Waals surface area contributed by atoms with Crippen LogP contribution < -0.4 is 0 Å². The Kier molecular flexibility index (Phi) is 3.21. The first kappa shape index (κ1) is 10.7. The Morgan fingerprint density at radius 1 is 1.31 bits per heavy atom. The number of carbonyl (C=O) groups is 1. The van der Waals surface area contributed by atoms with Crippen LogP contribution in [0.1, 0.15) is 35.2 Å². The molecule has 1 fully saturated rings. The summed E-state index contributed by atoms with van der Waals surface area (Å²) in [6.45, 7) is 1.69. The van der Waals surface area contributed by atoms with Crippen LogP contribution in [0.25, 0.3) is 0 Å². The summed E-state index contributed by atoms with van der Waals surface area (Å²) in [6, 6.07) is 1.73. The Bertz CT molecular complexity index is 428. The maximum atomic E-state index is 12.1. The van der Waals surface area contributed by atoms with Gasteiger partial charge in [0, 0.05) is 31.0 Å². The Morgan fingerprint density at radius 2 is 2.06 bits per heavy atom. The first-order valence-corrected chi connectivity index (χ1v) is 5.52. The Labute approximate surface area is 95.5 Å². The second kappa shape index (κ2) is 4.80. The predicted molar refractivity (Wildman–Crippen MR) is 61.9 cm³/mol. The van der Waals surface area contributed by atoms with Crippen molar-refractivity contribution in [3.05, 3.63) is 29.6 Å². The lowest BCUT2D eigenvalue weighted by Crippen LogP contribution is -2.35. The molecule has 2 rings (SSSR count). The molecule has 1 amide bonds. The summed E-state index contributed by atoms with van der Waals surface area (Å²) >= 11 is 0. The summed E-state index contributed by atoms with van der Waals surface area (Å²) in [4.78, 5) is 17.9. The second-order valence-electron chi connectivity index (χ2n) is 3.96. The molecular weight excluding hydrogens is 200 g/mol. The fourth-order valence-electron chi connectivity index (χ4n) is 1.92. The fourth-order valence-corrected chi connectivity index (χ4v) is 1.92. The lowest BCUT2D eigenvalue weighted by molar-refractivity contribution is 0.0724. The van der Waals surface area contributed by atoms with Gasteiger partial charge in [-0.15, -0.1) is 6.42 Å². The van der Waals surface area contributed by atoms with Gasteiger partial charge in [-0.25, -0.2) is 0 Å². The topological polar surface area (TPSA) is 33.2 Å². The summed E-state index contributed by atoms with van der Waals surface area (Å²) in [7, 11) is 0. The molecule has 2 heterocycles. The van der Waals surface area contributed by atoms with Gasteiger partial charge in [0.25, 0.3) is 5.91 Å². The molecule has 0 aromatic carbocycles. The first-order valence-electron chi connectivity index (χ1n) is 5.52. The van der Waals surface area contributed by atoms with Crippen LogP contribution in [0.4, 0.5) is 0 Å². The van der Waals surface area contributed by atoms with E-state index in [4.69, 9.17) is 6.42 Å². The number of terminal acetylenes is 1. The summed E-state index contributed by atoms with van der Waals surface area (Å²) in [6.07, 6.45) is 11.9. The number of nitrogens with zero attached hydrogens (tertiary/aromatic N) is 2. The summed E-state index contributed by atoms with van der Waals surface area (Å²) in [5.41, 5.74) is 1.25. The summed E-state index contributed by atoms with van der Waals surface area (Å²) < 4.78 is 0. The number of aromatic nitrogens is 1. The number of amides is 1. The van der Waals surface area contributed by atoms with Gasteiger partial charge < -0.3 is 4.90 Å². The minimum atomic E-state index is 0.0456. The molecule has 0 atom stereocenters. The number of likely N-dealkylation sites (tertiary alicyclic amines) is 1. The van der Waals surface area contributed by atoms with E-state index in [-0.39, 0.29) is 5.91 Å². The quantitative estimate of drug-likeness (QED) is 0.666. The number of hydrogen-bond acceptors (Lipinski definition) is 2. The van der Waals surface area contributed by atoms with Crippen molar-refractivity contribution in [2.24, 2.45) is 0 Å². The third-order valence-electron chi connectivity index (χ3n) is 2.80. The molecule has 82 valence electrons. The zero-order chi connectivity index (χ0) is 11.4. The van der Waals surface area contributed by atoms with Crippen molar-refractivity contribution in [3.8, 4) is 12.3 Å². The van der Waals surface area contributed by atoms with Gasteiger partial charge in [0.15, 0.2) is 0 Å². The number of piperidine rings is 1. The minimum absolute atomic E-state index is 0.0456. The Morgan fingerprint density at radius 3 is 2.75 bits per heavy atom. The molecular formula is C13H14N2O. The highest BCUT2D eigenvalue weighted by Gasteiger charge is 2.18. The largest absolute Gasteiger partial charge is 0.339 e. The summed E-state index contributed by atoms with van der Waals surface area (Å²) in [5.74, 6) is 2.54. The average Bonchev–Trinajstić information content (AvgIpc) is 2.39. The maximum absolute atomic E-state index is 12.1. The predicted octanol–water partition coefficient (Wildman–Crippen LogP) is 1.69. The van der Waals surface area contributed by atoms with E-state index in [9.17, 15) is 4.79 Å². The zero-order valence-corrected chi connectivity index (χ0v) is 9.15. The van der Waals surface area contributed by atoms with E-state index in [0.29, 0.717) is 11.1 Å². The van der Waals surface area contributed by atoms with Crippen molar-refractivity contribution in [1.29, 1.82) is 0 Å². The van der Waals surface area contributed by atoms with Crippen LogP contribution >= 0.6 is 0 Å². The van der Waals surface area contributed by atoms with Crippen molar-refractivity contribution in [1.82, 2.24) is 9.88 Å². The molecule has 1 aliphatic heterocycles. The van der Waals surface area contributed by atoms with Crippen LogP contribution in [0.3, 0.4) is 0 Å². The van der Waals surface area contributed by atoms with Crippen LogP contribution in [0, 0.1) is 12.3 Å². The van der Waals surface area contributed by atoms with Gasteiger partial charge >= 0.3 is 0 Å². The van der Waals surface area contributed by atoms with Crippen LogP contribution in [0.15, 0.2) is 18.5 Å². The van der Waals surface area contributed by atoms with Gasteiger partial charge in [0.05, 0.1) is 5.56 Å². The van der Waals surface area contributed by atoms with Gasteiger partial charge in [-0.3, -0.25) is 9.78 Å². The van der Waals surface area contributed by atoms with Gasteiger partial charge in [-0.2, -0.15) is 0 Å². The summed E-state index contributed by atoms with van der Waals surface area (Å²) in [5, 5.41) is 0. The molecule has 0 aliphatic carbocycles. The molecule has 1 saturated heterocycles. The van der Waals surface area contributed by atoms with Crippen LogP contribution in [0.5, 0.6) is 0 Å². The molecule has 0 unspecified atom stereocenters. The van der Waals surface area contributed by atoms with E-state index in [0.717, 1.165) is 25.9 Å². The molecule has 16 heavy (non-hydrogen) atoms. The second-order valence-corrected chi connectivity index (χ2v) is 3.96. The smallest absolute Gasteiger partial charge is 0.255 e. The molecule has 0 bridgehead atoms. The van der Waals surface area contributed by atoms with E-state index in [1.165, 1.54) is 6.42 Å². The van der Waals surface area contributed by atoms with Crippen molar-refractivity contribution < 1.29 is 4.79 Å². The van der Waals surface area contributed by atoms with E-state index < -0.39 is 0 Å². The van der Waals surface area contributed by atoms with Gasteiger partial charge in [-0.05, 0) is 25.3 Å². The molecule has 3 nitrogen and oxygen atoms in total. The van der Waals surface area contributed by atoms with E-state index in [2.05, 4.69) is 10.9 Å². The van der Waals surface area contributed by atoms with E-state index >= 15 is 0 Å². The monoisotopic (exact) mass is 214 g/mol. The van der Waals surface area contributed by atoms with Crippen LogP contribution in [0.2, 0.25) is 0 Å². The van der Waals surface area contributed by atoms with Crippen LogP contribution in [-0.2, 0) is 0 Å². The molecule has 3 heteroatoms. The van der Waals surface area contributed by atoms with Crippen molar-refractivity contribution >= 4 is 5.91 Å². The molecule has 0 N–H and O–H groups in total. The molecule has 0 saturated carbocycles. The molecule has 1 aromatic rings. The van der Waals surface area contributed by atoms with Crippen molar-refractivity contribution in [2.45, 2.75) is 19.3 Å². The molecule has 1 aliphatic rings. The fraction of sp³-hybridized carbons (Fsp3) is 0.385. The molecule has 0 spiro atoms. The highest BCUT2D eigenvalue weighted by atomic mass is 16.2. The highest BCUT2D eigenvalue weighted by molar-refractivity contribution is 5.94. The van der Waals surface area contributed by atoms with Crippen molar-refractivity contribution in [3.63, 3.8) is 0 Å². The SMILES string of the molecule is C#Cc1cncc(C(=O)N2CCCCC2)c1.